The Balaban J connectivity index is 1.42. The van der Waals surface area contributed by atoms with Gasteiger partial charge in [0.2, 0.25) is 11.0 Å². The molecule has 1 aliphatic carbocycles. The van der Waals surface area contributed by atoms with Gasteiger partial charge in [0.1, 0.15) is 0 Å². The number of anilines is 1. The molecule has 0 atom stereocenters. The predicted octanol–water partition coefficient (Wildman–Crippen LogP) is 5.65. The lowest BCUT2D eigenvalue weighted by Crippen LogP contribution is -2.37. The van der Waals surface area contributed by atoms with Crippen molar-refractivity contribution in [1.82, 2.24) is 10.2 Å². The molecule has 1 fully saturated rings. The van der Waals surface area contributed by atoms with Gasteiger partial charge in [0.05, 0.1) is 5.41 Å². The Hall–Kier alpha value is -1.70. The van der Waals surface area contributed by atoms with Gasteiger partial charge in [-0.25, -0.2) is 0 Å². The highest BCUT2D eigenvalue weighted by atomic mass is 32.2. The van der Waals surface area contributed by atoms with Gasteiger partial charge in [-0.1, -0.05) is 71.8 Å². The maximum Gasteiger partial charge on any atom is 0.237 e. The second kappa shape index (κ2) is 8.12. The lowest BCUT2D eigenvalue weighted by molar-refractivity contribution is -0.121. The van der Waals surface area contributed by atoms with Crippen LogP contribution in [-0.2, 0) is 16.0 Å². The number of hydrogen-bond acceptors (Lipinski definition) is 6. The second-order valence-corrected chi connectivity index (χ2v) is 10.0. The molecule has 1 aliphatic rings. The summed E-state index contributed by atoms with van der Waals surface area (Å²) in [5.74, 6) is 0.914. The monoisotopic (exact) mass is 415 g/mol. The molecule has 0 spiro atoms. The van der Waals surface area contributed by atoms with E-state index >= 15 is 0 Å². The minimum atomic E-state index is -0.394. The predicted molar refractivity (Wildman–Crippen MR) is 114 cm³/mol. The largest absolute Gasteiger partial charge is 0.300 e. The number of carbonyl (C=O) groups is 1. The van der Waals surface area contributed by atoms with Crippen LogP contribution in [0.4, 0.5) is 5.13 Å². The lowest BCUT2D eigenvalue weighted by Gasteiger charge is -2.25. The zero-order valence-electron chi connectivity index (χ0n) is 15.1. The number of aryl methyl sites for hydroxylation is 1. The third kappa shape index (κ3) is 4.10. The number of carbonyl (C=O) groups excluding carboxylic acids is 1. The summed E-state index contributed by atoms with van der Waals surface area (Å²) in [6.07, 6.45) is 4.01. The molecular weight excluding hydrogens is 394 g/mol. The highest BCUT2D eigenvalue weighted by Crippen LogP contribution is 2.44. The summed E-state index contributed by atoms with van der Waals surface area (Å²) in [6, 6.07) is 12.6. The molecule has 0 aliphatic heterocycles. The van der Waals surface area contributed by atoms with Crippen LogP contribution in [0.1, 0.15) is 41.7 Å². The van der Waals surface area contributed by atoms with E-state index in [1.165, 1.54) is 22.5 Å². The summed E-state index contributed by atoms with van der Waals surface area (Å²) in [7, 11) is 0. The fourth-order valence-corrected chi connectivity index (χ4v) is 6.27. The van der Waals surface area contributed by atoms with Crippen LogP contribution in [0.25, 0.3) is 0 Å². The van der Waals surface area contributed by atoms with Crippen molar-refractivity contribution in [1.29, 1.82) is 0 Å². The molecule has 0 saturated heterocycles. The smallest absolute Gasteiger partial charge is 0.237 e. The third-order valence-corrected chi connectivity index (χ3v) is 8.07. The van der Waals surface area contributed by atoms with Crippen molar-refractivity contribution in [3.05, 3.63) is 57.8 Å². The number of nitrogens with one attached hydrogen (secondary N) is 1. The van der Waals surface area contributed by atoms with E-state index in [1.807, 2.05) is 11.4 Å². The van der Waals surface area contributed by atoms with Crippen LogP contribution in [-0.4, -0.2) is 16.1 Å². The molecule has 0 bridgehead atoms. The first-order valence-electron chi connectivity index (χ1n) is 9.03. The van der Waals surface area contributed by atoms with Crippen molar-refractivity contribution < 1.29 is 4.79 Å². The van der Waals surface area contributed by atoms with Crippen LogP contribution in [0.2, 0.25) is 0 Å². The summed E-state index contributed by atoms with van der Waals surface area (Å²) in [6.45, 7) is 2.10. The standard InChI is InChI=1S/C20H21N3OS3/c1-14-6-4-7-15(12-14)13-26-19-23-22-18(27-19)21-17(24)20(9-2-3-10-20)16-8-5-11-25-16/h4-8,11-12H,2-3,9-10,13H2,1H3,(H,21,22,24). The number of amides is 1. The van der Waals surface area contributed by atoms with Gasteiger partial charge in [-0.2, -0.15) is 0 Å². The Kier molecular flexibility index (Phi) is 5.61. The third-order valence-electron chi connectivity index (χ3n) is 4.96. The summed E-state index contributed by atoms with van der Waals surface area (Å²) in [4.78, 5) is 14.3. The molecule has 7 heteroatoms. The van der Waals surface area contributed by atoms with E-state index in [0.29, 0.717) is 5.13 Å². The molecule has 4 nitrogen and oxygen atoms in total. The van der Waals surface area contributed by atoms with E-state index < -0.39 is 5.41 Å². The topological polar surface area (TPSA) is 54.9 Å². The minimum absolute atomic E-state index is 0.0637. The SMILES string of the molecule is Cc1cccc(CSc2nnc(NC(=O)C3(c4cccs4)CCCC3)s2)c1. The average molecular weight is 416 g/mol. The van der Waals surface area contributed by atoms with Crippen LogP contribution in [0, 0.1) is 6.92 Å². The molecule has 0 radical (unpaired) electrons. The van der Waals surface area contributed by atoms with Crippen molar-refractivity contribution in [3.63, 3.8) is 0 Å². The first-order valence-corrected chi connectivity index (χ1v) is 11.7. The van der Waals surface area contributed by atoms with Crippen LogP contribution < -0.4 is 5.32 Å². The lowest BCUT2D eigenvalue weighted by atomic mass is 9.83. The Morgan fingerprint density at radius 1 is 1.22 bits per heavy atom. The Bertz CT molecular complexity index is 914. The normalized spacial score (nSPS) is 15.7. The average Bonchev–Trinajstić information content (AvgIpc) is 3.41. The molecule has 1 aromatic carbocycles. The van der Waals surface area contributed by atoms with Crippen LogP contribution >= 0.6 is 34.4 Å². The van der Waals surface area contributed by atoms with Gasteiger partial charge in [-0.15, -0.1) is 21.5 Å². The van der Waals surface area contributed by atoms with E-state index in [-0.39, 0.29) is 5.91 Å². The molecule has 0 unspecified atom stereocenters. The van der Waals surface area contributed by atoms with Crippen molar-refractivity contribution in [2.24, 2.45) is 0 Å². The molecule has 3 aromatic rings. The summed E-state index contributed by atoms with van der Waals surface area (Å²) >= 11 is 4.78. The number of hydrogen-bond donors (Lipinski definition) is 1. The molecule has 140 valence electrons. The van der Waals surface area contributed by atoms with E-state index in [4.69, 9.17) is 0 Å². The van der Waals surface area contributed by atoms with E-state index in [2.05, 4.69) is 52.8 Å². The molecule has 2 heterocycles. The van der Waals surface area contributed by atoms with Gasteiger partial charge < -0.3 is 0 Å². The molecular formula is C20H21N3OS3. The van der Waals surface area contributed by atoms with E-state index in [0.717, 1.165) is 40.7 Å². The molecule has 4 rings (SSSR count). The first kappa shape index (κ1) is 18.7. The highest BCUT2D eigenvalue weighted by molar-refractivity contribution is 8.00. The molecule has 1 amide bonds. The van der Waals surface area contributed by atoms with Gasteiger partial charge in [0.25, 0.3) is 0 Å². The number of nitrogens with zero attached hydrogens (tertiary/aromatic N) is 2. The maximum absolute atomic E-state index is 13.1. The number of rotatable bonds is 6. The summed E-state index contributed by atoms with van der Waals surface area (Å²) < 4.78 is 0.878. The summed E-state index contributed by atoms with van der Waals surface area (Å²) in [5.41, 5.74) is 2.13. The van der Waals surface area contributed by atoms with Gasteiger partial charge in [-0.05, 0) is 36.8 Å². The Morgan fingerprint density at radius 2 is 2.07 bits per heavy atom. The Labute approximate surface area is 171 Å². The minimum Gasteiger partial charge on any atom is -0.300 e. The number of thioether (sulfide) groups is 1. The maximum atomic E-state index is 13.1. The van der Waals surface area contributed by atoms with Crippen molar-refractivity contribution in [3.8, 4) is 0 Å². The van der Waals surface area contributed by atoms with Crippen molar-refractivity contribution >= 4 is 45.5 Å². The van der Waals surface area contributed by atoms with E-state index in [1.54, 1.807) is 23.1 Å². The van der Waals surface area contributed by atoms with E-state index in [9.17, 15) is 4.79 Å². The van der Waals surface area contributed by atoms with Crippen molar-refractivity contribution in [2.45, 2.75) is 48.1 Å². The number of benzene rings is 1. The Morgan fingerprint density at radius 3 is 2.81 bits per heavy atom. The molecule has 1 N–H and O–H groups in total. The van der Waals surface area contributed by atoms with Crippen LogP contribution in [0.5, 0.6) is 0 Å². The van der Waals surface area contributed by atoms with Crippen LogP contribution in [0.15, 0.2) is 46.1 Å². The molecule has 1 saturated carbocycles. The van der Waals surface area contributed by atoms with Gasteiger partial charge in [0.15, 0.2) is 4.34 Å². The summed E-state index contributed by atoms with van der Waals surface area (Å²) in [5, 5.41) is 14.1. The highest BCUT2D eigenvalue weighted by Gasteiger charge is 2.43. The zero-order valence-corrected chi connectivity index (χ0v) is 17.6. The number of aromatic nitrogens is 2. The van der Waals surface area contributed by atoms with Gasteiger partial charge in [0, 0.05) is 10.6 Å². The first-order chi connectivity index (χ1) is 13.2. The fraction of sp³-hybridized carbons (Fsp3) is 0.350. The van der Waals surface area contributed by atoms with Crippen LogP contribution in [0.3, 0.4) is 0 Å². The quantitative estimate of drug-likeness (QED) is 0.417. The van der Waals surface area contributed by atoms with Gasteiger partial charge in [-0.3, -0.25) is 10.1 Å². The van der Waals surface area contributed by atoms with Gasteiger partial charge >= 0.3 is 0 Å². The molecule has 27 heavy (non-hydrogen) atoms. The fourth-order valence-electron chi connectivity index (χ4n) is 3.60. The number of thiophene rings is 1. The van der Waals surface area contributed by atoms with Crippen molar-refractivity contribution in [2.75, 3.05) is 5.32 Å². The zero-order chi connectivity index (χ0) is 18.7. The second-order valence-electron chi connectivity index (χ2n) is 6.87. The molecule has 2 aromatic heterocycles.